The van der Waals surface area contributed by atoms with Crippen LogP contribution in [0, 0.1) is 11.2 Å². The van der Waals surface area contributed by atoms with Crippen molar-refractivity contribution in [2.24, 2.45) is 5.41 Å². The highest BCUT2D eigenvalue weighted by Crippen LogP contribution is 2.37. The van der Waals surface area contributed by atoms with E-state index in [0.717, 1.165) is 17.0 Å². The molecule has 2 aliphatic heterocycles. The Balaban J connectivity index is 0.00000156. The van der Waals surface area contributed by atoms with E-state index < -0.39 is 0 Å². The van der Waals surface area contributed by atoms with E-state index in [4.69, 9.17) is 0 Å². The Labute approximate surface area is 147 Å². The van der Waals surface area contributed by atoms with Gasteiger partial charge in [-0.2, -0.15) is 0 Å². The van der Waals surface area contributed by atoms with Crippen LogP contribution < -0.4 is 5.32 Å². The first-order valence-corrected chi connectivity index (χ1v) is 8.82. The number of nitrogens with zero attached hydrogens (tertiary/aromatic N) is 1. The van der Waals surface area contributed by atoms with E-state index in [1.54, 1.807) is 23.5 Å². The molecule has 1 N–H and O–H groups in total. The van der Waals surface area contributed by atoms with Crippen LogP contribution in [0.4, 0.5) is 4.39 Å². The lowest BCUT2D eigenvalue weighted by atomic mass is 9.87. The minimum atomic E-state index is -0.164. The zero-order valence-electron chi connectivity index (χ0n) is 13.1. The van der Waals surface area contributed by atoms with E-state index in [2.05, 4.69) is 22.3 Å². The van der Waals surface area contributed by atoms with Crippen LogP contribution in [0.15, 0.2) is 36.4 Å². The van der Waals surface area contributed by atoms with Gasteiger partial charge in [0.25, 0.3) is 0 Å². The fourth-order valence-corrected chi connectivity index (χ4v) is 4.83. The molecule has 1 atom stereocenters. The van der Waals surface area contributed by atoms with Crippen LogP contribution in [0.2, 0.25) is 0 Å². The third kappa shape index (κ3) is 3.61. The van der Waals surface area contributed by atoms with E-state index in [1.807, 2.05) is 6.07 Å². The SMILES string of the molecule is Cl.Fc1cccc(-c2ccc(CN3CCC4(CCNC4)C3)s2)c1. The number of benzene rings is 1. The molecule has 2 fully saturated rings. The second kappa shape index (κ2) is 6.89. The minimum Gasteiger partial charge on any atom is -0.316 e. The molecule has 0 saturated carbocycles. The topological polar surface area (TPSA) is 15.3 Å². The van der Waals surface area contributed by atoms with Gasteiger partial charge in [0.15, 0.2) is 0 Å². The van der Waals surface area contributed by atoms with Gasteiger partial charge in [0.05, 0.1) is 0 Å². The maximum Gasteiger partial charge on any atom is 0.123 e. The summed E-state index contributed by atoms with van der Waals surface area (Å²) in [7, 11) is 0. The lowest BCUT2D eigenvalue weighted by molar-refractivity contribution is 0.270. The number of halogens is 2. The standard InChI is InChI=1S/C18H21FN2S.ClH/c19-15-3-1-2-14(10-15)17-5-4-16(22-17)11-21-9-7-18(13-21)6-8-20-12-18;/h1-5,10,20H,6-9,11-13H2;1H. The number of thiophene rings is 1. The van der Waals surface area contributed by atoms with Crippen molar-refractivity contribution >= 4 is 23.7 Å². The summed E-state index contributed by atoms with van der Waals surface area (Å²) >= 11 is 1.79. The quantitative estimate of drug-likeness (QED) is 0.892. The maximum atomic E-state index is 13.3. The Bertz CT molecular complexity index is 667. The molecule has 23 heavy (non-hydrogen) atoms. The molecule has 4 rings (SSSR count). The Morgan fingerprint density at radius 1 is 1.22 bits per heavy atom. The van der Waals surface area contributed by atoms with Gasteiger partial charge < -0.3 is 5.32 Å². The Kier molecular flexibility index (Phi) is 5.07. The summed E-state index contributed by atoms with van der Waals surface area (Å²) in [4.78, 5) is 5.11. The summed E-state index contributed by atoms with van der Waals surface area (Å²) in [6.45, 7) is 5.81. The molecule has 1 unspecified atom stereocenters. The van der Waals surface area contributed by atoms with Gasteiger partial charge in [-0.3, -0.25) is 4.90 Å². The Hall–Kier alpha value is -0.940. The average Bonchev–Trinajstić information content (AvgIpc) is 3.23. The molecule has 124 valence electrons. The van der Waals surface area contributed by atoms with Crippen LogP contribution in [0.3, 0.4) is 0 Å². The molecular weight excluding hydrogens is 331 g/mol. The van der Waals surface area contributed by atoms with E-state index in [0.29, 0.717) is 5.41 Å². The van der Waals surface area contributed by atoms with Gasteiger partial charge in [-0.25, -0.2) is 4.39 Å². The molecule has 0 amide bonds. The third-order valence-electron chi connectivity index (χ3n) is 5.00. The number of hydrogen-bond donors (Lipinski definition) is 1. The predicted molar refractivity (Wildman–Crippen MR) is 96.8 cm³/mol. The van der Waals surface area contributed by atoms with Crippen LogP contribution in [0.1, 0.15) is 17.7 Å². The lowest BCUT2D eigenvalue weighted by Crippen LogP contribution is -2.28. The molecule has 2 nitrogen and oxygen atoms in total. The van der Waals surface area contributed by atoms with Crippen LogP contribution in [-0.2, 0) is 6.54 Å². The molecule has 5 heteroatoms. The molecule has 2 aromatic rings. The normalized spacial score (nSPS) is 24.2. The smallest absolute Gasteiger partial charge is 0.123 e. The second-order valence-corrected chi connectivity index (χ2v) is 7.83. The number of likely N-dealkylation sites (tertiary alicyclic amines) is 1. The highest BCUT2D eigenvalue weighted by molar-refractivity contribution is 7.15. The molecule has 0 radical (unpaired) electrons. The summed E-state index contributed by atoms with van der Waals surface area (Å²) in [5.74, 6) is -0.164. The molecule has 3 heterocycles. The Morgan fingerprint density at radius 3 is 2.91 bits per heavy atom. The Morgan fingerprint density at radius 2 is 2.13 bits per heavy atom. The van der Waals surface area contributed by atoms with Gasteiger partial charge in [-0.05, 0) is 61.2 Å². The van der Waals surface area contributed by atoms with Crippen LogP contribution in [0.5, 0.6) is 0 Å². The van der Waals surface area contributed by atoms with E-state index >= 15 is 0 Å². The van der Waals surface area contributed by atoms with E-state index in [-0.39, 0.29) is 18.2 Å². The molecule has 2 aliphatic rings. The van der Waals surface area contributed by atoms with Gasteiger partial charge in [-0.15, -0.1) is 23.7 Å². The van der Waals surface area contributed by atoms with Crippen molar-refractivity contribution in [1.82, 2.24) is 10.2 Å². The van der Waals surface area contributed by atoms with Crippen molar-refractivity contribution in [2.45, 2.75) is 19.4 Å². The molecule has 1 aromatic carbocycles. The van der Waals surface area contributed by atoms with Gasteiger partial charge in [0, 0.05) is 29.4 Å². The molecule has 1 spiro atoms. The van der Waals surface area contributed by atoms with Gasteiger partial charge >= 0.3 is 0 Å². The molecule has 2 saturated heterocycles. The van der Waals surface area contributed by atoms with Crippen LogP contribution in [0.25, 0.3) is 10.4 Å². The van der Waals surface area contributed by atoms with Gasteiger partial charge in [0.1, 0.15) is 5.82 Å². The molecular formula is C18H22ClFN2S. The predicted octanol–water partition coefficient (Wildman–Crippen LogP) is 4.16. The first-order chi connectivity index (χ1) is 10.7. The van der Waals surface area contributed by atoms with Gasteiger partial charge in [-0.1, -0.05) is 12.1 Å². The largest absolute Gasteiger partial charge is 0.316 e. The first-order valence-electron chi connectivity index (χ1n) is 8.00. The van der Waals surface area contributed by atoms with Gasteiger partial charge in [0.2, 0.25) is 0 Å². The van der Waals surface area contributed by atoms with Crippen molar-refractivity contribution in [1.29, 1.82) is 0 Å². The molecule has 0 aliphatic carbocycles. The summed E-state index contributed by atoms with van der Waals surface area (Å²) < 4.78 is 13.3. The zero-order chi connectivity index (χ0) is 15.0. The van der Waals surface area contributed by atoms with E-state index in [9.17, 15) is 4.39 Å². The average molecular weight is 353 g/mol. The summed E-state index contributed by atoms with van der Waals surface area (Å²) in [5.41, 5.74) is 1.51. The summed E-state index contributed by atoms with van der Waals surface area (Å²) in [5, 5.41) is 3.51. The number of hydrogen-bond acceptors (Lipinski definition) is 3. The zero-order valence-corrected chi connectivity index (χ0v) is 14.7. The number of nitrogens with one attached hydrogen (secondary N) is 1. The monoisotopic (exact) mass is 352 g/mol. The van der Waals surface area contributed by atoms with Crippen LogP contribution in [-0.4, -0.2) is 31.1 Å². The fourth-order valence-electron chi connectivity index (χ4n) is 3.79. The minimum absolute atomic E-state index is 0. The van der Waals surface area contributed by atoms with Crippen LogP contribution >= 0.6 is 23.7 Å². The van der Waals surface area contributed by atoms with Crippen molar-refractivity contribution in [3.63, 3.8) is 0 Å². The van der Waals surface area contributed by atoms with Crippen molar-refractivity contribution < 1.29 is 4.39 Å². The second-order valence-electron chi connectivity index (χ2n) is 6.66. The highest BCUT2D eigenvalue weighted by Gasteiger charge is 2.40. The molecule has 0 bridgehead atoms. The van der Waals surface area contributed by atoms with Crippen molar-refractivity contribution in [3.8, 4) is 10.4 Å². The summed E-state index contributed by atoms with van der Waals surface area (Å²) in [6.07, 6.45) is 2.64. The third-order valence-corrected chi connectivity index (χ3v) is 6.12. The lowest BCUT2D eigenvalue weighted by Gasteiger charge is -2.22. The van der Waals surface area contributed by atoms with E-state index in [1.165, 1.54) is 50.0 Å². The molecule has 1 aromatic heterocycles. The number of rotatable bonds is 3. The highest BCUT2D eigenvalue weighted by atomic mass is 35.5. The first kappa shape index (κ1) is 16.9. The summed E-state index contributed by atoms with van der Waals surface area (Å²) in [6, 6.07) is 11.2. The maximum absolute atomic E-state index is 13.3. The fraction of sp³-hybridized carbons (Fsp3) is 0.444. The van der Waals surface area contributed by atoms with Crippen molar-refractivity contribution in [2.75, 3.05) is 26.2 Å². The van der Waals surface area contributed by atoms with Crippen molar-refractivity contribution in [3.05, 3.63) is 47.1 Å².